The molecule has 0 aliphatic heterocycles. The van der Waals surface area contributed by atoms with Gasteiger partial charge in [0.25, 0.3) is 0 Å². The summed E-state index contributed by atoms with van der Waals surface area (Å²) in [5.41, 5.74) is -2.41. The van der Waals surface area contributed by atoms with Crippen molar-refractivity contribution in [3.63, 3.8) is 0 Å². The molecule has 0 saturated carbocycles. The molecular formula is C18H36N2O4. The van der Waals surface area contributed by atoms with E-state index in [1.165, 1.54) is 0 Å². The van der Waals surface area contributed by atoms with Crippen molar-refractivity contribution < 1.29 is 19.1 Å². The minimum absolute atomic E-state index is 0.214. The van der Waals surface area contributed by atoms with Crippen LogP contribution in [0.5, 0.6) is 0 Å². The summed E-state index contributed by atoms with van der Waals surface area (Å²) < 4.78 is 11.2. The van der Waals surface area contributed by atoms with Gasteiger partial charge in [-0.05, 0) is 68.7 Å². The van der Waals surface area contributed by atoms with Gasteiger partial charge >= 0.3 is 11.9 Å². The van der Waals surface area contributed by atoms with Gasteiger partial charge in [-0.3, -0.25) is 9.80 Å². The molecule has 0 spiro atoms. The Labute approximate surface area is 147 Å². The van der Waals surface area contributed by atoms with Gasteiger partial charge in [0, 0.05) is 0 Å². The second-order valence-corrected chi connectivity index (χ2v) is 7.18. The van der Waals surface area contributed by atoms with Crippen LogP contribution in [0.3, 0.4) is 0 Å². The lowest BCUT2D eigenvalue weighted by Crippen LogP contribution is -2.73. The van der Waals surface area contributed by atoms with E-state index in [1.807, 2.05) is 27.7 Å². The highest BCUT2D eigenvalue weighted by Crippen LogP contribution is 2.34. The number of carbonyl (C=O) groups is 2. The van der Waals surface area contributed by atoms with Gasteiger partial charge < -0.3 is 9.47 Å². The minimum atomic E-state index is -1.20. The summed E-state index contributed by atoms with van der Waals surface area (Å²) >= 11 is 0. The van der Waals surface area contributed by atoms with Crippen LogP contribution >= 0.6 is 0 Å². The van der Waals surface area contributed by atoms with Crippen molar-refractivity contribution in [2.75, 3.05) is 28.2 Å². The summed E-state index contributed by atoms with van der Waals surface area (Å²) in [5.74, 6) is -0.863. The van der Waals surface area contributed by atoms with Gasteiger partial charge in [-0.15, -0.1) is 0 Å². The molecule has 24 heavy (non-hydrogen) atoms. The average molecular weight is 344 g/mol. The van der Waals surface area contributed by atoms with Crippen molar-refractivity contribution in [3.05, 3.63) is 0 Å². The first-order chi connectivity index (χ1) is 10.9. The Hall–Kier alpha value is -1.14. The van der Waals surface area contributed by atoms with E-state index < -0.39 is 23.0 Å². The number of esters is 2. The summed E-state index contributed by atoms with van der Waals surface area (Å²) in [6.45, 7) is 11.1. The van der Waals surface area contributed by atoms with Gasteiger partial charge in [-0.25, -0.2) is 9.59 Å². The highest BCUT2D eigenvalue weighted by Gasteiger charge is 2.60. The molecule has 0 amide bonds. The molecule has 6 nitrogen and oxygen atoms in total. The molecule has 0 heterocycles. The molecule has 0 saturated heterocycles. The number of nitrogens with zero attached hydrogens (tertiary/aromatic N) is 2. The van der Waals surface area contributed by atoms with E-state index in [2.05, 4.69) is 0 Å². The van der Waals surface area contributed by atoms with Crippen molar-refractivity contribution in [1.82, 2.24) is 9.80 Å². The summed E-state index contributed by atoms with van der Waals surface area (Å²) in [6.07, 6.45) is 0.999. The van der Waals surface area contributed by atoms with E-state index in [0.717, 1.165) is 0 Å². The molecular weight excluding hydrogens is 308 g/mol. The number of carbonyl (C=O) groups excluding carboxylic acids is 2. The van der Waals surface area contributed by atoms with Crippen LogP contribution in [0.4, 0.5) is 0 Å². The first-order valence-electron chi connectivity index (χ1n) is 8.66. The fourth-order valence-corrected chi connectivity index (χ4v) is 2.40. The molecule has 0 bridgehead atoms. The molecule has 0 fully saturated rings. The highest BCUT2D eigenvalue weighted by atomic mass is 16.6. The van der Waals surface area contributed by atoms with Gasteiger partial charge in [0.1, 0.15) is 11.1 Å². The lowest BCUT2D eigenvalue weighted by molar-refractivity contribution is -0.186. The van der Waals surface area contributed by atoms with E-state index in [0.29, 0.717) is 12.8 Å². The van der Waals surface area contributed by atoms with Crippen molar-refractivity contribution in [2.45, 2.75) is 77.7 Å². The molecule has 4 unspecified atom stereocenters. The maximum atomic E-state index is 13.0. The van der Waals surface area contributed by atoms with Crippen molar-refractivity contribution >= 4 is 11.9 Å². The number of hydrogen-bond acceptors (Lipinski definition) is 6. The first-order valence-corrected chi connectivity index (χ1v) is 8.66. The first kappa shape index (κ1) is 22.9. The Bertz CT molecular complexity index is 399. The summed E-state index contributed by atoms with van der Waals surface area (Å²) in [5, 5.41) is 0. The van der Waals surface area contributed by atoms with Crippen molar-refractivity contribution in [1.29, 1.82) is 0 Å². The number of hydrogen-bond donors (Lipinski definition) is 0. The van der Waals surface area contributed by atoms with Crippen LogP contribution in [0.2, 0.25) is 0 Å². The van der Waals surface area contributed by atoms with Gasteiger partial charge in [0.05, 0.1) is 12.2 Å². The Morgan fingerprint density at radius 3 is 1.21 bits per heavy atom. The van der Waals surface area contributed by atoms with Crippen LogP contribution in [0.25, 0.3) is 0 Å². The van der Waals surface area contributed by atoms with E-state index in [9.17, 15) is 9.59 Å². The molecule has 0 radical (unpaired) electrons. The van der Waals surface area contributed by atoms with Crippen LogP contribution in [0, 0.1) is 0 Å². The number of rotatable bonds is 9. The lowest BCUT2D eigenvalue weighted by Gasteiger charge is -2.50. The third kappa shape index (κ3) is 4.28. The Morgan fingerprint density at radius 1 is 0.792 bits per heavy atom. The maximum absolute atomic E-state index is 13.0. The summed E-state index contributed by atoms with van der Waals surface area (Å²) in [7, 11) is 7.10. The zero-order valence-electron chi connectivity index (χ0n) is 17.1. The Kier molecular flexibility index (Phi) is 8.39. The smallest absolute Gasteiger partial charge is 0.329 e. The van der Waals surface area contributed by atoms with Gasteiger partial charge in [0.15, 0.2) is 0 Å². The van der Waals surface area contributed by atoms with E-state index in [1.54, 1.807) is 51.8 Å². The van der Waals surface area contributed by atoms with Gasteiger partial charge in [-0.2, -0.15) is 0 Å². The van der Waals surface area contributed by atoms with E-state index in [-0.39, 0.29) is 12.2 Å². The number of ether oxygens (including phenoxy) is 2. The largest absolute Gasteiger partial charge is 0.461 e. The second-order valence-electron chi connectivity index (χ2n) is 7.18. The van der Waals surface area contributed by atoms with Crippen molar-refractivity contribution in [3.8, 4) is 0 Å². The molecule has 142 valence electrons. The minimum Gasteiger partial charge on any atom is -0.461 e. The van der Waals surface area contributed by atoms with E-state index in [4.69, 9.17) is 9.47 Å². The molecule has 0 aliphatic rings. The van der Waals surface area contributed by atoms with Crippen LogP contribution in [-0.4, -0.2) is 73.2 Å². The normalized spacial score (nSPS) is 19.3. The highest BCUT2D eigenvalue weighted by molar-refractivity contribution is 5.94. The molecule has 0 rings (SSSR count). The molecule has 4 atom stereocenters. The third-order valence-electron chi connectivity index (χ3n) is 5.30. The molecule has 0 aromatic carbocycles. The molecule has 0 N–H and O–H groups in total. The van der Waals surface area contributed by atoms with Gasteiger partial charge in [0.2, 0.25) is 0 Å². The van der Waals surface area contributed by atoms with Crippen LogP contribution in [0.1, 0.15) is 54.4 Å². The third-order valence-corrected chi connectivity index (χ3v) is 5.30. The average Bonchev–Trinajstić information content (AvgIpc) is 2.51. The molecule has 0 aromatic heterocycles. The van der Waals surface area contributed by atoms with Crippen molar-refractivity contribution in [2.24, 2.45) is 0 Å². The monoisotopic (exact) mass is 344 g/mol. The van der Waals surface area contributed by atoms with Gasteiger partial charge in [-0.1, -0.05) is 13.8 Å². The summed E-state index contributed by atoms with van der Waals surface area (Å²) in [4.78, 5) is 29.4. The van der Waals surface area contributed by atoms with Crippen LogP contribution in [0.15, 0.2) is 0 Å². The zero-order chi connectivity index (χ0) is 19.3. The molecule has 0 aliphatic carbocycles. The fourth-order valence-electron chi connectivity index (χ4n) is 2.40. The quantitative estimate of drug-likeness (QED) is 0.598. The predicted octanol–water partition coefficient (Wildman–Crippen LogP) is 2.31. The second kappa shape index (κ2) is 8.81. The predicted molar refractivity (Wildman–Crippen MR) is 95.9 cm³/mol. The SMILES string of the molecule is CCC(C)OC(=O)C(C)(N(C)C)C(C)(C(=O)OC(C)CC)N(C)C. The Balaban J connectivity index is 5.99. The topological polar surface area (TPSA) is 59.1 Å². The maximum Gasteiger partial charge on any atom is 0.329 e. The Morgan fingerprint density at radius 2 is 1.04 bits per heavy atom. The fraction of sp³-hybridized carbons (Fsp3) is 0.889. The molecule has 0 aromatic rings. The van der Waals surface area contributed by atoms with Crippen LogP contribution < -0.4 is 0 Å². The van der Waals surface area contributed by atoms with Crippen LogP contribution in [-0.2, 0) is 19.1 Å². The van der Waals surface area contributed by atoms with E-state index >= 15 is 0 Å². The summed E-state index contributed by atoms with van der Waals surface area (Å²) in [6, 6.07) is 0. The standard InChI is InChI=1S/C18H36N2O4/c1-11-13(3)23-15(21)17(5,19(7)8)18(6,20(9)10)16(22)24-14(4)12-2/h13-14H,11-12H2,1-10H3. The lowest BCUT2D eigenvalue weighted by atomic mass is 9.77. The molecule has 6 heteroatoms. The number of likely N-dealkylation sites (N-methyl/N-ethyl adjacent to an activating group) is 2. The zero-order valence-corrected chi connectivity index (χ0v) is 17.1.